The van der Waals surface area contributed by atoms with Gasteiger partial charge in [-0.25, -0.2) is 0 Å². The second-order valence-corrected chi connectivity index (χ2v) is 3.86. The first-order valence-corrected chi connectivity index (χ1v) is 5.14. The fraction of sp³-hybridized carbons (Fsp3) is 0.385. The Bertz CT molecular complexity index is 514. The summed E-state index contributed by atoms with van der Waals surface area (Å²) in [6.07, 6.45) is -0.280. The highest BCUT2D eigenvalue weighted by Crippen LogP contribution is 2.16. The van der Waals surface area contributed by atoms with Gasteiger partial charge in [-0.2, -0.15) is 0 Å². The van der Waals surface area contributed by atoms with Gasteiger partial charge in [0.25, 0.3) is 0 Å². The number of likely N-dealkylation sites (tertiary alicyclic amines) is 1. The van der Waals surface area contributed by atoms with Crippen LogP contribution in [0.1, 0.15) is 23.0 Å². The number of carbonyl (C=O) groups is 2. The molecule has 1 saturated heterocycles. The van der Waals surface area contributed by atoms with E-state index in [1.165, 1.54) is 6.92 Å². The van der Waals surface area contributed by atoms with Gasteiger partial charge < -0.3 is 4.90 Å². The van der Waals surface area contributed by atoms with Crippen molar-refractivity contribution >= 4 is 11.7 Å². The summed E-state index contributed by atoms with van der Waals surface area (Å²) in [7, 11) is 0. The Labute approximate surface area is 99.3 Å². The average molecular weight is 220 g/mol. The molecular formula is C13H15NO2. The molecule has 3 heteroatoms. The largest absolute Gasteiger partial charge is 0.331 e. The first kappa shape index (κ1) is 7.60. The number of Topliss-reactive ketones (excluding diaryl/α,β-unsaturated/α-hetero) is 1. The summed E-state index contributed by atoms with van der Waals surface area (Å²) in [6, 6.07) is 8.93. The Morgan fingerprint density at radius 2 is 2.12 bits per heavy atom. The second kappa shape index (κ2) is 4.47. The number of hydrogen-bond acceptors (Lipinski definition) is 2. The Kier molecular flexibility index (Phi) is 2.13. The summed E-state index contributed by atoms with van der Waals surface area (Å²) < 4.78 is 23.4. The number of benzene rings is 1. The van der Waals surface area contributed by atoms with Crippen LogP contribution in [0.25, 0.3) is 0 Å². The third-order valence-electron chi connectivity index (χ3n) is 2.53. The van der Waals surface area contributed by atoms with Crippen molar-refractivity contribution in [2.24, 2.45) is 5.89 Å². The monoisotopic (exact) mass is 220 g/mol. The van der Waals surface area contributed by atoms with E-state index in [4.69, 9.17) is 4.11 Å². The lowest BCUT2D eigenvalue weighted by Gasteiger charge is -2.29. The van der Waals surface area contributed by atoms with Gasteiger partial charge in [0.15, 0.2) is 5.78 Å². The van der Waals surface area contributed by atoms with E-state index in [2.05, 4.69) is 0 Å². The van der Waals surface area contributed by atoms with Crippen LogP contribution in [0.15, 0.2) is 30.3 Å². The maximum atomic E-state index is 12.0. The SMILES string of the molecule is [2H]C1(C)CC(=O)N(Cc2ccccc2)C([2H])([2H])C1=O. The quantitative estimate of drug-likeness (QED) is 0.759. The first-order chi connectivity index (χ1) is 8.75. The summed E-state index contributed by atoms with van der Waals surface area (Å²) in [5.74, 6) is -3.06. The van der Waals surface area contributed by atoms with Gasteiger partial charge in [0.1, 0.15) is 0 Å². The third-order valence-corrected chi connectivity index (χ3v) is 2.53. The summed E-state index contributed by atoms with van der Waals surface area (Å²) in [6.45, 7) is -1.11. The molecule has 0 spiro atoms. The standard InChI is InChI=1S/C13H15NO2/c1-10-7-13(16)14(9-12(10)15)8-11-5-3-2-4-6-11/h2-6,10H,7-9H2,1H3/i9D2,10D. The van der Waals surface area contributed by atoms with Crippen molar-refractivity contribution in [3.05, 3.63) is 35.9 Å². The number of carbonyl (C=O) groups excluding carboxylic acids is 2. The van der Waals surface area contributed by atoms with Crippen LogP contribution < -0.4 is 0 Å². The van der Waals surface area contributed by atoms with Crippen molar-refractivity contribution in [3.63, 3.8) is 0 Å². The minimum absolute atomic E-state index is 0.0362. The Morgan fingerprint density at radius 3 is 2.81 bits per heavy atom. The molecule has 3 nitrogen and oxygen atoms in total. The first-order valence-electron chi connectivity index (χ1n) is 6.64. The summed E-state index contributed by atoms with van der Waals surface area (Å²) in [5, 5.41) is 0. The summed E-state index contributed by atoms with van der Waals surface area (Å²) in [4.78, 5) is 24.9. The molecule has 1 aliphatic heterocycles. The second-order valence-electron chi connectivity index (χ2n) is 3.86. The maximum Gasteiger partial charge on any atom is 0.223 e. The molecule has 0 N–H and O–H groups in total. The van der Waals surface area contributed by atoms with E-state index >= 15 is 0 Å². The molecule has 1 atom stereocenters. The highest BCUT2D eigenvalue weighted by molar-refractivity contribution is 5.94. The number of piperidine rings is 1. The fourth-order valence-corrected chi connectivity index (χ4v) is 1.58. The highest BCUT2D eigenvalue weighted by Gasteiger charge is 2.29. The average Bonchev–Trinajstić information content (AvgIpc) is 2.34. The molecule has 0 saturated carbocycles. The van der Waals surface area contributed by atoms with Crippen LogP contribution in [0.4, 0.5) is 0 Å². The van der Waals surface area contributed by atoms with Gasteiger partial charge in [-0.05, 0) is 5.56 Å². The molecule has 0 aliphatic carbocycles. The van der Waals surface area contributed by atoms with Crippen molar-refractivity contribution in [2.75, 3.05) is 6.50 Å². The molecular weight excluding hydrogens is 202 g/mol. The van der Waals surface area contributed by atoms with E-state index in [-0.39, 0.29) is 13.0 Å². The minimum atomic E-state index is -2.43. The van der Waals surface area contributed by atoms with Gasteiger partial charge in [-0.15, -0.1) is 0 Å². The molecule has 1 aliphatic rings. The number of amides is 1. The van der Waals surface area contributed by atoms with E-state index in [1.54, 1.807) is 24.3 Å². The minimum Gasteiger partial charge on any atom is -0.331 e. The molecule has 1 heterocycles. The molecule has 1 aromatic rings. The predicted octanol–water partition coefficient (Wildman–Crippen LogP) is 1.62. The number of ketones is 1. The zero-order chi connectivity index (χ0) is 14.3. The normalized spacial score (nSPS) is 31.8. The molecule has 0 aromatic heterocycles. The van der Waals surface area contributed by atoms with Crippen LogP contribution in [0.3, 0.4) is 0 Å². The fourth-order valence-electron chi connectivity index (χ4n) is 1.58. The smallest absolute Gasteiger partial charge is 0.223 e. The lowest BCUT2D eigenvalue weighted by Crippen LogP contribution is -2.43. The highest BCUT2D eigenvalue weighted by atomic mass is 16.2. The molecule has 1 fully saturated rings. The number of rotatable bonds is 2. The van der Waals surface area contributed by atoms with Crippen LogP contribution in [-0.2, 0) is 16.1 Å². The topological polar surface area (TPSA) is 37.4 Å². The zero-order valence-corrected chi connectivity index (χ0v) is 9.06. The molecule has 2 rings (SSSR count). The summed E-state index contributed by atoms with van der Waals surface area (Å²) >= 11 is 0. The van der Waals surface area contributed by atoms with Gasteiger partial charge >= 0.3 is 0 Å². The molecule has 1 amide bonds. The van der Waals surface area contributed by atoms with Gasteiger partial charge in [0.2, 0.25) is 5.91 Å². The van der Waals surface area contributed by atoms with Crippen LogP contribution in [0.5, 0.6) is 0 Å². The van der Waals surface area contributed by atoms with Gasteiger partial charge in [-0.3, -0.25) is 9.59 Å². The van der Waals surface area contributed by atoms with Gasteiger partial charge in [0.05, 0.1) is 9.24 Å². The van der Waals surface area contributed by atoms with Crippen molar-refractivity contribution in [3.8, 4) is 0 Å². The third kappa shape index (κ3) is 2.30. The molecule has 0 radical (unpaired) electrons. The Balaban J connectivity index is 2.30. The van der Waals surface area contributed by atoms with E-state index in [0.717, 1.165) is 10.5 Å². The Morgan fingerprint density at radius 1 is 1.44 bits per heavy atom. The van der Waals surface area contributed by atoms with Crippen LogP contribution in [-0.4, -0.2) is 23.1 Å². The van der Waals surface area contributed by atoms with Crippen LogP contribution in [0.2, 0.25) is 0 Å². The summed E-state index contributed by atoms with van der Waals surface area (Å²) in [5.41, 5.74) is 0.751. The van der Waals surface area contributed by atoms with Crippen molar-refractivity contribution < 1.29 is 13.7 Å². The number of hydrogen-bond donors (Lipinski definition) is 0. The van der Waals surface area contributed by atoms with Crippen LogP contribution in [0, 0.1) is 5.89 Å². The van der Waals surface area contributed by atoms with Crippen molar-refractivity contribution in [2.45, 2.75) is 19.9 Å². The molecule has 1 unspecified atom stereocenters. The van der Waals surface area contributed by atoms with Gasteiger partial charge in [0, 0.05) is 20.2 Å². The van der Waals surface area contributed by atoms with Crippen LogP contribution >= 0.6 is 0 Å². The van der Waals surface area contributed by atoms with E-state index < -0.39 is 24.1 Å². The molecule has 1 aromatic carbocycles. The molecule has 16 heavy (non-hydrogen) atoms. The predicted molar refractivity (Wildman–Crippen MR) is 60.6 cm³/mol. The Hall–Kier alpha value is -1.64. The lowest BCUT2D eigenvalue weighted by molar-refractivity contribution is -0.143. The van der Waals surface area contributed by atoms with Crippen molar-refractivity contribution in [1.29, 1.82) is 0 Å². The van der Waals surface area contributed by atoms with E-state index in [1.807, 2.05) is 6.07 Å². The molecule has 0 bridgehead atoms. The zero-order valence-electron chi connectivity index (χ0n) is 12.1. The van der Waals surface area contributed by atoms with E-state index in [0.29, 0.717) is 0 Å². The number of nitrogens with zero attached hydrogens (tertiary/aromatic N) is 1. The molecule has 84 valence electrons. The van der Waals surface area contributed by atoms with Gasteiger partial charge in [-0.1, -0.05) is 37.3 Å². The van der Waals surface area contributed by atoms with Crippen molar-refractivity contribution in [1.82, 2.24) is 4.90 Å². The maximum absolute atomic E-state index is 12.0. The van der Waals surface area contributed by atoms with E-state index in [9.17, 15) is 9.59 Å². The lowest BCUT2D eigenvalue weighted by atomic mass is 9.96.